The quantitative estimate of drug-likeness (QED) is 0.599. The fourth-order valence-electron chi connectivity index (χ4n) is 1.17. The normalized spacial score (nSPS) is 11.4. The van der Waals surface area contributed by atoms with Crippen LogP contribution in [0.5, 0.6) is 0 Å². The molecule has 0 atom stereocenters. The zero-order valence-corrected chi connectivity index (χ0v) is 7.92. The smallest absolute Gasteiger partial charge is 0.298 e. The fraction of sp³-hybridized carbons (Fsp3) is 0.222. The number of pyridine rings is 1. The number of rotatable bonds is 2. The molecule has 17 heavy (non-hydrogen) atoms. The molecular formula is C9H3F5N2O. The molecule has 1 rings (SSSR count). The van der Waals surface area contributed by atoms with Crippen LogP contribution in [0.25, 0.3) is 0 Å². The molecule has 1 aromatic heterocycles. The third kappa shape index (κ3) is 2.38. The van der Waals surface area contributed by atoms with Crippen molar-refractivity contribution in [2.45, 2.75) is 12.6 Å². The van der Waals surface area contributed by atoms with Crippen LogP contribution in [0.3, 0.4) is 0 Å². The summed E-state index contributed by atoms with van der Waals surface area (Å²) >= 11 is 0. The minimum atomic E-state index is -4.98. The van der Waals surface area contributed by atoms with Crippen molar-refractivity contribution in [3.05, 3.63) is 28.6 Å². The average molecular weight is 250 g/mol. The van der Waals surface area contributed by atoms with Gasteiger partial charge >= 0.3 is 6.18 Å². The summed E-state index contributed by atoms with van der Waals surface area (Å²) < 4.78 is 61.8. The largest absolute Gasteiger partial charge is 0.434 e. The summed E-state index contributed by atoms with van der Waals surface area (Å²) in [6.45, 7) is 0. The van der Waals surface area contributed by atoms with E-state index in [1.54, 1.807) is 0 Å². The maximum atomic E-state index is 12.4. The van der Waals surface area contributed by atoms with Gasteiger partial charge in [0.25, 0.3) is 6.43 Å². The molecule has 0 aliphatic carbocycles. The van der Waals surface area contributed by atoms with Gasteiger partial charge in [-0.3, -0.25) is 4.79 Å². The predicted octanol–water partition coefficient (Wildman–Crippen LogP) is 2.72. The molecule has 0 amide bonds. The van der Waals surface area contributed by atoms with E-state index in [1.165, 1.54) is 0 Å². The van der Waals surface area contributed by atoms with Crippen LogP contribution in [-0.2, 0) is 6.18 Å². The van der Waals surface area contributed by atoms with Gasteiger partial charge in [0, 0.05) is 17.3 Å². The summed E-state index contributed by atoms with van der Waals surface area (Å²) in [5.41, 5.74) is -4.81. The van der Waals surface area contributed by atoms with Crippen molar-refractivity contribution >= 4 is 6.29 Å². The van der Waals surface area contributed by atoms with Gasteiger partial charge in [-0.1, -0.05) is 0 Å². The Bertz CT molecular complexity index is 489. The summed E-state index contributed by atoms with van der Waals surface area (Å²) in [6, 6.07) is 1.07. The molecule has 0 spiro atoms. The monoisotopic (exact) mass is 250 g/mol. The summed E-state index contributed by atoms with van der Waals surface area (Å²) in [6.07, 6.45) is -8.13. The zero-order valence-electron chi connectivity index (χ0n) is 7.92. The predicted molar refractivity (Wildman–Crippen MR) is 44.3 cm³/mol. The highest BCUT2D eigenvalue weighted by Crippen LogP contribution is 2.33. The summed E-state index contributed by atoms with van der Waals surface area (Å²) in [5.74, 6) is 0. The Kier molecular flexibility index (Phi) is 3.41. The van der Waals surface area contributed by atoms with Crippen molar-refractivity contribution in [2.75, 3.05) is 0 Å². The van der Waals surface area contributed by atoms with Gasteiger partial charge in [0.1, 0.15) is 6.07 Å². The number of halogens is 5. The zero-order chi connectivity index (χ0) is 13.2. The maximum absolute atomic E-state index is 12.4. The first-order chi connectivity index (χ1) is 7.82. The molecule has 0 saturated carbocycles. The lowest BCUT2D eigenvalue weighted by Crippen LogP contribution is -2.14. The van der Waals surface area contributed by atoms with Gasteiger partial charge in [-0.05, 0) is 0 Å². The summed E-state index contributed by atoms with van der Waals surface area (Å²) in [4.78, 5) is 13.3. The van der Waals surface area contributed by atoms with E-state index in [-0.39, 0.29) is 12.5 Å². The number of hydrogen-bond donors (Lipinski definition) is 0. The van der Waals surface area contributed by atoms with Crippen LogP contribution in [0.2, 0.25) is 0 Å². The Morgan fingerprint density at radius 3 is 2.35 bits per heavy atom. The molecule has 0 bridgehead atoms. The second-order valence-electron chi connectivity index (χ2n) is 2.88. The number of hydrogen-bond acceptors (Lipinski definition) is 3. The van der Waals surface area contributed by atoms with Crippen molar-refractivity contribution in [1.29, 1.82) is 5.26 Å². The summed E-state index contributed by atoms with van der Waals surface area (Å²) in [5, 5.41) is 8.51. The van der Waals surface area contributed by atoms with Crippen molar-refractivity contribution in [1.82, 2.24) is 4.98 Å². The Morgan fingerprint density at radius 1 is 1.41 bits per heavy atom. The van der Waals surface area contributed by atoms with Crippen LogP contribution in [0, 0.1) is 11.3 Å². The standard InChI is InChI=1S/C9H3F5N2O/c10-8(11)5-2-16-7(9(12,13)14)4(1-15)6(5)3-17/h2-3,8H. The molecule has 0 aliphatic heterocycles. The number of nitriles is 1. The van der Waals surface area contributed by atoms with Crippen LogP contribution in [0.1, 0.15) is 33.6 Å². The lowest BCUT2D eigenvalue weighted by atomic mass is 10.0. The molecule has 1 heterocycles. The molecule has 90 valence electrons. The second-order valence-corrected chi connectivity index (χ2v) is 2.88. The highest BCUT2D eigenvalue weighted by atomic mass is 19.4. The fourth-order valence-corrected chi connectivity index (χ4v) is 1.17. The molecule has 0 fully saturated rings. The van der Waals surface area contributed by atoms with Crippen LogP contribution in [0.15, 0.2) is 6.20 Å². The highest BCUT2D eigenvalue weighted by Gasteiger charge is 2.37. The first kappa shape index (κ1) is 13.0. The van der Waals surface area contributed by atoms with Crippen molar-refractivity contribution < 1.29 is 26.7 Å². The van der Waals surface area contributed by atoms with Crippen molar-refractivity contribution in [3.8, 4) is 6.07 Å². The van der Waals surface area contributed by atoms with Crippen LogP contribution in [-0.4, -0.2) is 11.3 Å². The molecular weight excluding hydrogens is 247 g/mol. The van der Waals surface area contributed by atoms with Crippen molar-refractivity contribution in [2.24, 2.45) is 0 Å². The van der Waals surface area contributed by atoms with E-state index < -0.39 is 35.0 Å². The third-order valence-electron chi connectivity index (χ3n) is 1.88. The molecule has 0 saturated heterocycles. The van der Waals surface area contributed by atoms with E-state index in [0.717, 1.165) is 6.07 Å². The third-order valence-corrected chi connectivity index (χ3v) is 1.88. The number of aromatic nitrogens is 1. The Balaban J connectivity index is 3.62. The summed E-state index contributed by atoms with van der Waals surface area (Å²) in [7, 11) is 0. The van der Waals surface area contributed by atoms with E-state index in [1.807, 2.05) is 0 Å². The first-order valence-corrected chi connectivity index (χ1v) is 4.06. The molecule has 0 unspecified atom stereocenters. The van der Waals surface area contributed by atoms with Crippen molar-refractivity contribution in [3.63, 3.8) is 0 Å². The van der Waals surface area contributed by atoms with Gasteiger partial charge in [-0.15, -0.1) is 0 Å². The van der Waals surface area contributed by atoms with Gasteiger partial charge < -0.3 is 0 Å². The number of carbonyl (C=O) groups is 1. The van der Waals surface area contributed by atoms with E-state index in [2.05, 4.69) is 4.98 Å². The maximum Gasteiger partial charge on any atom is 0.434 e. The SMILES string of the molecule is N#Cc1c(C(F)(F)F)ncc(C(F)F)c1C=O. The lowest BCUT2D eigenvalue weighted by Gasteiger charge is -2.11. The molecule has 8 heteroatoms. The number of nitrogens with zero attached hydrogens (tertiary/aromatic N) is 2. The lowest BCUT2D eigenvalue weighted by molar-refractivity contribution is -0.141. The number of carbonyl (C=O) groups excluding carboxylic acids is 1. The Hall–Kier alpha value is -2.04. The van der Waals surface area contributed by atoms with E-state index in [4.69, 9.17) is 5.26 Å². The average Bonchev–Trinajstić information content (AvgIpc) is 2.25. The van der Waals surface area contributed by atoms with Gasteiger partial charge in [0.15, 0.2) is 12.0 Å². The Labute approximate surface area is 91.5 Å². The van der Waals surface area contributed by atoms with E-state index in [0.29, 0.717) is 0 Å². The Morgan fingerprint density at radius 2 is 2.00 bits per heavy atom. The van der Waals surface area contributed by atoms with Crippen LogP contribution in [0.4, 0.5) is 22.0 Å². The highest BCUT2D eigenvalue weighted by molar-refractivity contribution is 5.82. The van der Waals surface area contributed by atoms with Gasteiger partial charge in [-0.2, -0.15) is 18.4 Å². The topological polar surface area (TPSA) is 53.8 Å². The van der Waals surface area contributed by atoms with Gasteiger partial charge in [-0.25, -0.2) is 13.8 Å². The van der Waals surface area contributed by atoms with E-state index >= 15 is 0 Å². The molecule has 0 radical (unpaired) electrons. The minimum Gasteiger partial charge on any atom is -0.298 e. The second kappa shape index (κ2) is 4.45. The minimum absolute atomic E-state index is 0.211. The number of alkyl halides is 5. The van der Waals surface area contributed by atoms with Crippen LogP contribution >= 0.6 is 0 Å². The van der Waals surface area contributed by atoms with Gasteiger partial charge in [0.05, 0.1) is 5.56 Å². The number of aldehydes is 1. The van der Waals surface area contributed by atoms with Gasteiger partial charge in [0.2, 0.25) is 0 Å². The van der Waals surface area contributed by atoms with Crippen LogP contribution < -0.4 is 0 Å². The molecule has 3 nitrogen and oxygen atoms in total. The molecule has 0 aliphatic rings. The molecule has 1 aromatic rings. The first-order valence-electron chi connectivity index (χ1n) is 4.06. The molecule has 0 N–H and O–H groups in total. The molecule has 0 aromatic carbocycles. The van der Waals surface area contributed by atoms with E-state index in [9.17, 15) is 26.7 Å².